The van der Waals surface area contributed by atoms with Crippen LogP contribution < -0.4 is 0 Å². The van der Waals surface area contributed by atoms with Gasteiger partial charge in [-0.05, 0) is 12.8 Å². The number of rotatable bonds is 2. The highest BCUT2D eigenvalue weighted by Gasteiger charge is 1.57. The van der Waals surface area contributed by atoms with E-state index in [0.29, 0.717) is 13.2 Å². The van der Waals surface area contributed by atoms with Gasteiger partial charge in [0, 0.05) is 13.2 Å². The minimum Gasteiger partial charge on any atom is -0.396 e. The van der Waals surface area contributed by atoms with Crippen molar-refractivity contribution in [2.24, 2.45) is 0 Å². The smallest absolute Gasteiger partial charge is 0.187 e. The lowest BCUT2D eigenvalue weighted by Gasteiger charge is -1.69. The maximum atomic E-state index is 7.88. The van der Waals surface area contributed by atoms with Gasteiger partial charge in [0.05, 0.1) is 0 Å². The number of aliphatic hydroxyl groups is 2. The highest BCUT2D eigenvalue weighted by atomic mass is 27.0. The average molecular weight is 150 g/mol. The first kappa shape index (κ1) is 16.2. The number of aliphatic hydroxyl groups excluding tert-OH is 2. The molecule has 0 aliphatic heterocycles. The van der Waals surface area contributed by atoms with E-state index in [1.807, 2.05) is 13.8 Å². The fourth-order valence-corrected chi connectivity index (χ4v) is 0. The molecule has 0 fully saturated rings. The maximum absolute atomic E-state index is 7.88. The second kappa shape index (κ2) is 23.7. The highest BCUT2D eigenvalue weighted by Crippen LogP contribution is 1.61. The van der Waals surface area contributed by atoms with E-state index in [4.69, 9.17) is 10.2 Å². The quantitative estimate of drug-likeness (QED) is 0.525. The predicted molar refractivity (Wildman–Crippen MR) is 44.7 cm³/mol. The molecular weight excluding hydrogens is 131 g/mol. The molecule has 0 aromatic carbocycles. The number of hydrogen-bond donors (Lipinski definition) is 2. The summed E-state index contributed by atoms with van der Waals surface area (Å²) in [6.45, 7) is 4.50. The van der Waals surface area contributed by atoms with E-state index in [2.05, 4.69) is 0 Å². The topological polar surface area (TPSA) is 40.5 Å². The Labute approximate surface area is 68.0 Å². The van der Waals surface area contributed by atoms with Crippen molar-refractivity contribution in [3.63, 3.8) is 0 Å². The van der Waals surface area contributed by atoms with Crippen molar-refractivity contribution >= 4 is 17.4 Å². The van der Waals surface area contributed by atoms with E-state index in [9.17, 15) is 0 Å². The highest BCUT2D eigenvalue weighted by molar-refractivity contribution is 5.75. The van der Waals surface area contributed by atoms with Crippen molar-refractivity contribution in [3.05, 3.63) is 0 Å². The van der Waals surface area contributed by atoms with Crippen LogP contribution in [0.5, 0.6) is 0 Å². The van der Waals surface area contributed by atoms with Crippen LogP contribution in [0.25, 0.3) is 0 Å². The van der Waals surface area contributed by atoms with Gasteiger partial charge in [-0.2, -0.15) is 0 Å². The molecule has 0 radical (unpaired) electrons. The van der Waals surface area contributed by atoms with Gasteiger partial charge in [-0.15, -0.1) is 0 Å². The Balaban J connectivity index is -0.0000000720. The molecule has 3 heteroatoms. The zero-order chi connectivity index (χ0) is 6.83. The maximum Gasteiger partial charge on any atom is 0.187 e. The molecule has 0 atom stereocenters. The van der Waals surface area contributed by atoms with Crippen LogP contribution in [0.4, 0.5) is 0 Å². The Morgan fingerprint density at radius 2 is 1.00 bits per heavy atom. The lowest BCUT2D eigenvalue weighted by molar-refractivity contribution is 0.294. The van der Waals surface area contributed by atoms with Crippen LogP contribution >= 0.6 is 0 Å². The average Bonchev–Trinajstić information content (AvgIpc) is 1.88. The molecule has 0 bridgehead atoms. The summed E-state index contributed by atoms with van der Waals surface area (Å²) in [5, 5.41) is 15.8. The first-order valence-electron chi connectivity index (χ1n) is 3.05. The summed E-state index contributed by atoms with van der Waals surface area (Å²) < 4.78 is 0. The Kier molecular flexibility index (Phi) is 42.7. The lowest BCUT2D eigenvalue weighted by atomic mass is 10.5. The standard InChI is InChI=1S/2C3H8O.Al.3H/c2*1-2-3-4;;;;/h2*4H,2-3H2,1H3;;;;. The Bertz CT molecular complexity index is 19.0. The molecule has 58 valence electrons. The van der Waals surface area contributed by atoms with Crippen LogP contribution in [-0.2, 0) is 0 Å². The Hall–Kier alpha value is 0.452. The molecule has 0 aliphatic rings. The third-order valence-corrected chi connectivity index (χ3v) is 0.447. The molecule has 0 saturated carbocycles. The summed E-state index contributed by atoms with van der Waals surface area (Å²) in [6, 6.07) is 0. The summed E-state index contributed by atoms with van der Waals surface area (Å²) in [5.74, 6) is 0. The van der Waals surface area contributed by atoms with Gasteiger partial charge in [0.15, 0.2) is 17.4 Å². The molecular formula is C6H19AlO2. The normalized spacial score (nSPS) is 6.67. The summed E-state index contributed by atoms with van der Waals surface area (Å²) in [5.41, 5.74) is 0. The van der Waals surface area contributed by atoms with Crippen molar-refractivity contribution in [2.75, 3.05) is 13.2 Å². The van der Waals surface area contributed by atoms with Crippen molar-refractivity contribution in [2.45, 2.75) is 26.7 Å². The molecule has 0 saturated heterocycles. The largest absolute Gasteiger partial charge is 0.396 e. The molecule has 0 aromatic heterocycles. The molecule has 2 N–H and O–H groups in total. The molecule has 0 aliphatic carbocycles. The van der Waals surface area contributed by atoms with Crippen LogP contribution in [0.2, 0.25) is 0 Å². The second-order valence-corrected chi connectivity index (χ2v) is 1.45. The van der Waals surface area contributed by atoms with Crippen molar-refractivity contribution in [1.29, 1.82) is 0 Å². The Morgan fingerprint density at radius 3 is 1.00 bits per heavy atom. The van der Waals surface area contributed by atoms with E-state index in [0.717, 1.165) is 12.8 Å². The van der Waals surface area contributed by atoms with Crippen molar-refractivity contribution < 1.29 is 10.2 Å². The van der Waals surface area contributed by atoms with Gasteiger partial charge in [0.2, 0.25) is 0 Å². The molecule has 0 unspecified atom stereocenters. The molecule has 0 spiro atoms. The molecule has 9 heavy (non-hydrogen) atoms. The van der Waals surface area contributed by atoms with Crippen LogP contribution in [0, 0.1) is 0 Å². The minimum absolute atomic E-state index is 0. The van der Waals surface area contributed by atoms with Crippen LogP contribution in [0.15, 0.2) is 0 Å². The van der Waals surface area contributed by atoms with Gasteiger partial charge in [0.25, 0.3) is 0 Å². The zero-order valence-electron chi connectivity index (χ0n) is 5.72. The number of hydrogen-bond acceptors (Lipinski definition) is 2. The van der Waals surface area contributed by atoms with E-state index in [1.54, 1.807) is 0 Å². The van der Waals surface area contributed by atoms with Crippen molar-refractivity contribution in [1.82, 2.24) is 0 Å². The van der Waals surface area contributed by atoms with E-state index in [-0.39, 0.29) is 17.4 Å². The third-order valence-electron chi connectivity index (χ3n) is 0.447. The molecule has 0 aromatic rings. The predicted octanol–water partition coefficient (Wildman–Crippen LogP) is -0.407. The zero-order valence-corrected chi connectivity index (χ0v) is 5.72. The SMILES string of the molecule is CCCO.CCCO.[AlH3]. The van der Waals surface area contributed by atoms with Crippen molar-refractivity contribution in [3.8, 4) is 0 Å². The fourth-order valence-electron chi connectivity index (χ4n) is 0. The Morgan fingerprint density at radius 1 is 0.889 bits per heavy atom. The molecule has 0 rings (SSSR count). The summed E-state index contributed by atoms with van der Waals surface area (Å²) in [7, 11) is 0. The monoisotopic (exact) mass is 150 g/mol. The van der Waals surface area contributed by atoms with E-state index >= 15 is 0 Å². The molecule has 0 heterocycles. The van der Waals surface area contributed by atoms with E-state index < -0.39 is 0 Å². The molecule has 2 nitrogen and oxygen atoms in total. The summed E-state index contributed by atoms with van der Waals surface area (Å²) >= 11 is 0. The van der Waals surface area contributed by atoms with Gasteiger partial charge in [-0.3, -0.25) is 0 Å². The van der Waals surface area contributed by atoms with Crippen LogP contribution in [0.1, 0.15) is 26.7 Å². The summed E-state index contributed by atoms with van der Waals surface area (Å²) in [6.07, 6.45) is 1.75. The van der Waals surface area contributed by atoms with Gasteiger partial charge < -0.3 is 10.2 Å². The first-order chi connectivity index (χ1) is 3.83. The van der Waals surface area contributed by atoms with Gasteiger partial charge in [-0.25, -0.2) is 0 Å². The van der Waals surface area contributed by atoms with Crippen LogP contribution in [-0.4, -0.2) is 40.8 Å². The molecule has 0 amide bonds. The lowest BCUT2D eigenvalue weighted by Crippen LogP contribution is -1.69. The van der Waals surface area contributed by atoms with Gasteiger partial charge in [0.1, 0.15) is 0 Å². The third kappa shape index (κ3) is 58.5. The van der Waals surface area contributed by atoms with Crippen LogP contribution in [0.3, 0.4) is 0 Å². The van der Waals surface area contributed by atoms with Gasteiger partial charge in [-0.1, -0.05) is 13.8 Å². The summed E-state index contributed by atoms with van der Waals surface area (Å²) in [4.78, 5) is 0. The fraction of sp³-hybridized carbons (Fsp3) is 1.00. The van der Waals surface area contributed by atoms with Gasteiger partial charge >= 0.3 is 0 Å². The first-order valence-corrected chi connectivity index (χ1v) is 3.05. The minimum atomic E-state index is 0. The second-order valence-electron chi connectivity index (χ2n) is 1.45. The van der Waals surface area contributed by atoms with E-state index in [1.165, 1.54) is 0 Å².